The summed E-state index contributed by atoms with van der Waals surface area (Å²) in [6.07, 6.45) is 7.10. The van der Waals surface area contributed by atoms with E-state index in [0.29, 0.717) is 83.4 Å². The summed E-state index contributed by atoms with van der Waals surface area (Å²) in [5.41, 5.74) is 7.75. The fourth-order valence-corrected chi connectivity index (χ4v) is 11.4. The number of hydrogen-bond donors (Lipinski definition) is 1. The number of fused-ring (bicyclic) bond motifs is 4. The predicted octanol–water partition coefficient (Wildman–Crippen LogP) is 6.64. The molecule has 3 amide bonds. The van der Waals surface area contributed by atoms with Gasteiger partial charge in [-0.05, 0) is 67.5 Å². The van der Waals surface area contributed by atoms with Crippen LogP contribution in [0, 0.1) is 11.7 Å². The van der Waals surface area contributed by atoms with E-state index in [1.807, 2.05) is 28.0 Å². The van der Waals surface area contributed by atoms with Gasteiger partial charge in [-0.2, -0.15) is 5.10 Å². The fourth-order valence-electron chi connectivity index (χ4n) is 11.4. The highest BCUT2D eigenvalue weighted by Gasteiger charge is 2.40. The first-order valence-electron chi connectivity index (χ1n) is 23.1. The Morgan fingerprint density at radius 3 is 2.53 bits per heavy atom. The van der Waals surface area contributed by atoms with E-state index in [1.54, 1.807) is 49.2 Å². The summed E-state index contributed by atoms with van der Waals surface area (Å²) in [7, 11) is 1.54. The zero-order valence-electron chi connectivity index (χ0n) is 37.2. The molecule has 6 aliphatic heterocycles. The van der Waals surface area contributed by atoms with Gasteiger partial charge in [0.25, 0.3) is 6.43 Å². The number of imide groups is 1. The molecule has 5 aromatic rings. The van der Waals surface area contributed by atoms with E-state index in [2.05, 4.69) is 36.3 Å². The van der Waals surface area contributed by atoms with Gasteiger partial charge in [0.05, 0.1) is 31.6 Å². The molecule has 3 aromatic heterocycles. The number of aromatic nitrogens is 4. The average Bonchev–Trinajstić information content (AvgIpc) is 4.02. The second-order valence-electron chi connectivity index (χ2n) is 18.7. The number of likely N-dealkylation sites (tertiary alicyclic amines) is 1. The largest absolute Gasteiger partial charge is 0.495 e. The van der Waals surface area contributed by atoms with Crippen LogP contribution in [-0.4, -0.2) is 111 Å². The van der Waals surface area contributed by atoms with Gasteiger partial charge in [0.15, 0.2) is 11.6 Å². The summed E-state index contributed by atoms with van der Waals surface area (Å²) in [4.78, 5) is 51.9. The number of rotatable bonds is 9. The van der Waals surface area contributed by atoms with Gasteiger partial charge in [0, 0.05) is 135 Å². The van der Waals surface area contributed by atoms with Crippen molar-refractivity contribution in [1.29, 1.82) is 0 Å². The van der Waals surface area contributed by atoms with Crippen molar-refractivity contribution in [2.24, 2.45) is 5.92 Å². The lowest BCUT2D eigenvalue weighted by molar-refractivity contribution is -0.136. The molecule has 14 nitrogen and oxygen atoms in total. The van der Waals surface area contributed by atoms with E-state index in [4.69, 9.17) is 9.84 Å². The molecular formula is C49H53F3N10O4. The van der Waals surface area contributed by atoms with Crippen molar-refractivity contribution in [2.45, 2.75) is 83.5 Å². The third kappa shape index (κ3) is 7.17. The van der Waals surface area contributed by atoms with Crippen LogP contribution < -0.4 is 19.9 Å². The minimum absolute atomic E-state index is 0.00415. The highest BCUT2D eigenvalue weighted by Crippen LogP contribution is 2.46. The SMILES string of the molecule is C=C1c2ccc(N3CC(CN4CCC(n5nc(N6CCCc7cc(-c8cc9nccn9cc8OC)c(C(F)F)cc76)c6c5CCN(C(C)=O)C6)CC4)C3)c(F)c2CN1C1CCC(=O)NC1=O. The lowest BCUT2D eigenvalue weighted by atomic mass is 9.91. The number of nitrogens with one attached hydrogen (secondary N) is 1. The minimum Gasteiger partial charge on any atom is -0.495 e. The van der Waals surface area contributed by atoms with E-state index >= 15 is 13.2 Å². The molecule has 1 atom stereocenters. The fraction of sp³-hybridized carbons (Fsp3) is 0.449. The number of anilines is 3. The quantitative estimate of drug-likeness (QED) is 0.161. The summed E-state index contributed by atoms with van der Waals surface area (Å²) in [6.45, 7) is 11.8. The monoisotopic (exact) mass is 902 g/mol. The zero-order valence-corrected chi connectivity index (χ0v) is 37.2. The number of piperidine rings is 2. The molecule has 11 rings (SSSR count). The Morgan fingerprint density at radius 2 is 1.77 bits per heavy atom. The van der Waals surface area contributed by atoms with E-state index < -0.39 is 12.5 Å². The Kier molecular flexibility index (Phi) is 10.6. The number of carbonyl (C=O) groups is 3. The molecule has 1 unspecified atom stereocenters. The lowest BCUT2D eigenvalue weighted by Crippen LogP contribution is -2.53. The Hall–Kier alpha value is -6.36. The van der Waals surface area contributed by atoms with Crippen LogP contribution in [0.3, 0.4) is 0 Å². The van der Waals surface area contributed by atoms with Crippen molar-refractivity contribution in [3.05, 3.63) is 94.8 Å². The predicted molar refractivity (Wildman–Crippen MR) is 242 cm³/mol. The first-order chi connectivity index (χ1) is 31.9. The molecule has 0 radical (unpaired) electrons. The van der Waals surface area contributed by atoms with Crippen LogP contribution in [0.4, 0.5) is 30.4 Å². The normalized spacial score (nSPS) is 20.5. The van der Waals surface area contributed by atoms with Crippen LogP contribution in [0.5, 0.6) is 5.75 Å². The van der Waals surface area contributed by atoms with Crippen LogP contribution in [0.15, 0.2) is 55.5 Å². The van der Waals surface area contributed by atoms with Gasteiger partial charge in [-0.3, -0.25) is 24.4 Å². The molecule has 6 aliphatic rings. The number of alkyl halides is 2. The van der Waals surface area contributed by atoms with E-state index in [0.717, 1.165) is 86.7 Å². The first-order valence-corrected chi connectivity index (χ1v) is 23.1. The summed E-state index contributed by atoms with van der Waals surface area (Å²) in [5, 5.41) is 7.76. The van der Waals surface area contributed by atoms with Crippen LogP contribution in [0.1, 0.15) is 85.0 Å². The van der Waals surface area contributed by atoms with E-state index in [1.165, 1.54) is 0 Å². The molecule has 17 heteroatoms. The molecule has 66 heavy (non-hydrogen) atoms. The molecule has 0 spiro atoms. The summed E-state index contributed by atoms with van der Waals surface area (Å²) in [5.74, 6) is 0.686. The number of pyridine rings is 1. The van der Waals surface area contributed by atoms with Gasteiger partial charge in [-0.15, -0.1) is 0 Å². The van der Waals surface area contributed by atoms with Crippen LogP contribution >= 0.6 is 0 Å². The molecule has 3 fully saturated rings. The van der Waals surface area contributed by atoms with Gasteiger partial charge in [0.1, 0.15) is 17.4 Å². The Bertz CT molecular complexity index is 2810. The summed E-state index contributed by atoms with van der Waals surface area (Å²) in [6, 6.07) is 8.64. The highest BCUT2D eigenvalue weighted by atomic mass is 19.3. The third-order valence-electron chi connectivity index (χ3n) is 14.9. The van der Waals surface area contributed by atoms with Crippen molar-refractivity contribution < 1.29 is 32.3 Å². The number of carbonyl (C=O) groups excluding carboxylic acids is 3. The van der Waals surface area contributed by atoms with Gasteiger partial charge in [-0.1, -0.05) is 12.6 Å². The Morgan fingerprint density at radius 1 is 0.955 bits per heavy atom. The number of benzene rings is 2. The number of nitrogens with zero attached hydrogens (tertiary/aromatic N) is 9. The second-order valence-corrected chi connectivity index (χ2v) is 18.7. The van der Waals surface area contributed by atoms with Crippen molar-refractivity contribution in [3.8, 4) is 16.9 Å². The summed E-state index contributed by atoms with van der Waals surface area (Å²) < 4.78 is 56.2. The third-order valence-corrected chi connectivity index (χ3v) is 14.9. The number of aryl methyl sites for hydroxylation is 1. The Labute approximate surface area is 380 Å². The number of methoxy groups -OCH3 is 1. The van der Waals surface area contributed by atoms with Gasteiger partial charge in [-0.25, -0.2) is 18.2 Å². The molecule has 0 bridgehead atoms. The van der Waals surface area contributed by atoms with Crippen molar-refractivity contribution in [3.63, 3.8) is 0 Å². The van der Waals surface area contributed by atoms with Crippen LogP contribution in [-0.2, 0) is 40.3 Å². The van der Waals surface area contributed by atoms with Gasteiger partial charge >= 0.3 is 0 Å². The van der Waals surface area contributed by atoms with Crippen molar-refractivity contribution in [2.75, 3.05) is 62.7 Å². The molecule has 0 saturated carbocycles. The smallest absolute Gasteiger partial charge is 0.264 e. The maximum Gasteiger partial charge on any atom is 0.264 e. The molecule has 3 saturated heterocycles. The minimum atomic E-state index is -2.75. The topological polar surface area (TPSA) is 124 Å². The van der Waals surface area contributed by atoms with Crippen molar-refractivity contribution >= 4 is 46.3 Å². The lowest BCUT2D eigenvalue weighted by Gasteiger charge is -2.44. The molecular weight excluding hydrogens is 850 g/mol. The molecule has 2 aromatic carbocycles. The van der Waals surface area contributed by atoms with Gasteiger partial charge < -0.3 is 33.6 Å². The standard InChI is InChI=1S/C49H53F3N10O4/c1-28-33-6-7-40(46(50)37(33)26-61(28)41-8-9-45(64)54-49(41)65)59-23-30(24-59)22-56-15-10-32(11-16-56)62-39-12-17-57(29(2)63)25-38(39)48(55-62)60-14-4-5-31-19-34(36(47(51)52)20-42(31)60)35-21-44-53-13-18-58(44)27-43(35)66-3/h6-7,13,18-21,27,30,32,41,47H,1,4-5,8-12,14-17,22-26H2,2-3H3,(H,54,64,65). The average molecular weight is 903 g/mol. The van der Waals surface area contributed by atoms with Crippen LogP contribution in [0.2, 0.25) is 0 Å². The highest BCUT2D eigenvalue weighted by molar-refractivity contribution is 6.01. The number of ether oxygens (including phenoxy) is 1. The molecule has 9 heterocycles. The van der Waals surface area contributed by atoms with E-state index in [-0.39, 0.29) is 48.1 Å². The number of amides is 3. The second kappa shape index (κ2) is 16.5. The number of imidazole rings is 1. The zero-order chi connectivity index (χ0) is 45.5. The number of hydrogen-bond acceptors (Lipinski definition) is 10. The van der Waals surface area contributed by atoms with Crippen molar-refractivity contribution in [1.82, 2.24) is 39.2 Å². The molecule has 0 aliphatic carbocycles. The van der Waals surface area contributed by atoms with E-state index in [9.17, 15) is 14.4 Å². The maximum atomic E-state index is 16.1. The molecule has 1 N–H and O–H groups in total. The summed E-state index contributed by atoms with van der Waals surface area (Å²) >= 11 is 0. The van der Waals surface area contributed by atoms with Gasteiger partial charge in [0.2, 0.25) is 17.7 Å². The maximum absolute atomic E-state index is 16.1. The molecule has 344 valence electrons. The number of halogens is 3. The first kappa shape index (κ1) is 42.3. The van der Waals surface area contributed by atoms with Crippen LogP contribution in [0.25, 0.3) is 22.5 Å². The Balaban J connectivity index is 0.792.